The van der Waals surface area contributed by atoms with E-state index in [2.05, 4.69) is 10.6 Å². The lowest BCUT2D eigenvalue weighted by Gasteiger charge is -2.16. The molecule has 0 aliphatic heterocycles. The lowest BCUT2D eigenvalue weighted by molar-refractivity contribution is -0.139. The summed E-state index contributed by atoms with van der Waals surface area (Å²) in [6, 6.07) is 5.37. The molecular formula is C21H31N3O6. The summed E-state index contributed by atoms with van der Waals surface area (Å²) in [6.45, 7) is 3.76. The fourth-order valence-electron chi connectivity index (χ4n) is 2.88. The van der Waals surface area contributed by atoms with Crippen molar-refractivity contribution < 1.29 is 29.5 Å². The van der Waals surface area contributed by atoms with Gasteiger partial charge in [-0.25, -0.2) is 10.3 Å². The molecule has 1 atom stereocenters. The van der Waals surface area contributed by atoms with Crippen molar-refractivity contribution in [3.05, 3.63) is 29.8 Å². The van der Waals surface area contributed by atoms with E-state index in [1.54, 1.807) is 23.7 Å². The summed E-state index contributed by atoms with van der Waals surface area (Å²) in [7, 11) is 0. The summed E-state index contributed by atoms with van der Waals surface area (Å²) in [5, 5.41) is 22.9. The number of carboxylic acids is 1. The molecule has 0 bridgehead atoms. The molecule has 0 saturated carbocycles. The highest BCUT2D eigenvalue weighted by atomic mass is 16.5. The van der Waals surface area contributed by atoms with Crippen LogP contribution in [0.4, 0.5) is 5.69 Å². The van der Waals surface area contributed by atoms with Gasteiger partial charge in [0.05, 0.1) is 0 Å². The van der Waals surface area contributed by atoms with Crippen LogP contribution in [0.5, 0.6) is 0 Å². The van der Waals surface area contributed by atoms with E-state index in [0.717, 1.165) is 12.8 Å². The van der Waals surface area contributed by atoms with E-state index in [0.29, 0.717) is 31.4 Å². The summed E-state index contributed by atoms with van der Waals surface area (Å²) in [6.07, 6.45) is 3.72. The molecule has 1 rings (SSSR count). The van der Waals surface area contributed by atoms with Crippen molar-refractivity contribution in [3.8, 4) is 0 Å². The minimum Gasteiger partial charge on any atom is -0.480 e. The van der Waals surface area contributed by atoms with E-state index in [1.165, 1.54) is 6.07 Å². The molecule has 30 heavy (non-hydrogen) atoms. The van der Waals surface area contributed by atoms with Gasteiger partial charge in [0, 0.05) is 24.1 Å². The zero-order valence-electron chi connectivity index (χ0n) is 17.4. The first kappa shape index (κ1) is 25.1. The molecule has 1 aromatic rings. The first-order chi connectivity index (χ1) is 14.2. The summed E-state index contributed by atoms with van der Waals surface area (Å²) in [5.41, 5.74) is 2.31. The Morgan fingerprint density at radius 3 is 2.17 bits per heavy atom. The third-order valence-corrected chi connectivity index (χ3v) is 4.40. The van der Waals surface area contributed by atoms with Gasteiger partial charge in [0.2, 0.25) is 11.8 Å². The van der Waals surface area contributed by atoms with Gasteiger partial charge in [-0.05, 0) is 43.4 Å². The second-order valence-electron chi connectivity index (χ2n) is 7.57. The number of carboxylic acid groups (broad SMARTS) is 1. The van der Waals surface area contributed by atoms with E-state index < -0.39 is 23.8 Å². The van der Waals surface area contributed by atoms with Crippen LogP contribution in [0.15, 0.2) is 24.3 Å². The summed E-state index contributed by atoms with van der Waals surface area (Å²) in [5.74, 6) is -2.09. The first-order valence-corrected chi connectivity index (χ1v) is 10.1. The highest BCUT2D eigenvalue weighted by Crippen LogP contribution is 2.14. The van der Waals surface area contributed by atoms with E-state index >= 15 is 0 Å². The predicted molar refractivity (Wildman–Crippen MR) is 111 cm³/mol. The Kier molecular flexibility index (Phi) is 11.1. The molecule has 0 aromatic heterocycles. The van der Waals surface area contributed by atoms with Gasteiger partial charge in [-0.15, -0.1) is 0 Å². The topological polar surface area (TPSA) is 145 Å². The van der Waals surface area contributed by atoms with E-state index in [4.69, 9.17) is 5.21 Å². The van der Waals surface area contributed by atoms with Crippen LogP contribution >= 0.6 is 0 Å². The minimum atomic E-state index is -1.08. The van der Waals surface area contributed by atoms with Crippen molar-refractivity contribution in [2.45, 2.75) is 64.8 Å². The van der Waals surface area contributed by atoms with Crippen LogP contribution < -0.4 is 16.1 Å². The van der Waals surface area contributed by atoms with Gasteiger partial charge < -0.3 is 15.7 Å². The average molecular weight is 421 g/mol. The number of hydrogen-bond acceptors (Lipinski definition) is 5. The molecule has 0 aliphatic carbocycles. The first-order valence-electron chi connectivity index (χ1n) is 10.1. The maximum Gasteiger partial charge on any atom is 0.326 e. The van der Waals surface area contributed by atoms with Gasteiger partial charge in [-0.3, -0.25) is 19.6 Å². The normalized spacial score (nSPS) is 11.6. The average Bonchev–Trinajstić information content (AvgIpc) is 2.69. The number of anilines is 1. The molecule has 0 radical (unpaired) electrons. The molecule has 1 unspecified atom stereocenters. The number of carbonyl (C=O) groups is 4. The number of nitrogens with one attached hydrogen (secondary N) is 3. The molecule has 0 saturated heterocycles. The third kappa shape index (κ3) is 10.0. The maximum absolute atomic E-state index is 12.4. The highest BCUT2D eigenvalue weighted by Gasteiger charge is 2.21. The van der Waals surface area contributed by atoms with Crippen LogP contribution in [-0.2, 0) is 14.4 Å². The summed E-state index contributed by atoms with van der Waals surface area (Å²) in [4.78, 5) is 46.7. The quantitative estimate of drug-likeness (QED) is 0.188. The fraction of sp³-hybridized carbons (Fsp3) is 0.524. The Morgan fingerprint density at radius 1 is 0.967 bits per heavy atom. The molecule has 0 aliphatic rings. The van der Waals surface area contributed by atoms with Crippen LogP contribution in [0.3, 0.4) is 0 Å². The van der Waals surface area contributed by atoms with Gasteiger partial charge >= 0.3 is 5.97 Å². The van der Waals surface area contributed by atoms with Crippen LogP contribution in [0, 0.1) is 5.92 Å². The highest BCUT2D eigenvalue weighted by molar-refractivity contribution is 5.98. The number of unbranched alkanes of at least 4 members (excludes halogenated alkanes) is 3. The number of hydrogen-bond donors (Lipinski definition) is 5. The number of benzene rings is 1. The van der Waals surface area contributed by atoms with Crippen molar-refractivity contribution >= 4 is 29.4 Å². The Bertz CT molecular complexity index is 735. The number of rotatable bonds is 13. The van der Waals surface area contributed by atoms with Crippen LogP contribution in [-0.4, -0.2) is 40.0 Å². The van der Waals surface area contributed by atoms with E-state index in [1.807, 2.05) is 13.8 Å². The molecule has 166 valence electrons. The zero-order valence-corrected chi connectivity index (χ0v) is 17.4. The molecule has 0 spiro atoms. The van der Waals surface area contributed by atoms with Crippen molar-refractivity contribution in [2.75, 3.05) is 5.32 Å². The number of amides is 3. The van der Waals surface area contributed by atoms with Gasteiger partial charge in [-0.2, -0.15) is 0 Å². The third-order valence-electron chi connectivity index (χ3n) is 4.40. The summed E-state index contributed by atoms with van der Waals surface area (Å²) >= 11 is 0. The molecule has 9 nitrogen and oxygen atoms in total. The molecule has 3 amide bonds. The molecule has 1 aromatic carbocycles. The van der Waals surface area contributed by atoms with Crippen LogP contribution in [0.2, 0.25) is 0 Å². The second kappa shape index (κ2) is 13.3. The Hall–Kier alpha value is -2.94. The lowest BCUT2D eigenvalue weighted by atomic mass is 10.0. The minimum absolute atomic E-state index is 0.115. The van der Waals surface area contributed by atoms with Crippen molar-refractivity contribution in [3.63, 3.8) is 0 Å². The van der Waals surface area contributed by atoms with Gasteiger partial charge in [0.1, 0.15) is 6.04 Å². The van der Waals surface area contributed by atoms with Crippen LogP contribution in [0.1, 0.15) is 69.2 Å². The van der Waals surface area contributed by atoms with E-state index in [-0.39, 0.29) is 23.8 Å². The second-order valence-corrected chi connectivity index (χ2v) is 7.57. The predicted octanol–water partition coefficient (Wildman–Crippen LogP) is 2.70. The van der Waals surface area contributed by atoms with Crippen molar-refractivity contribution in [1.82, 2.24) is 10.8 Å². The number of carbonyl (C=O) groups excluding carboxylic acids is 3. The van der Waals surface area contributed by atoms with Crippen LogP contribution in [0.25, 0.3) is 0 Å². The Balaban J connectivity index is 2.48. The SMILES string of the molecule is CC(C)CC(NC(=O)c1cccc(NC(=O)CCCCCCC(=O)NO)c1)C(=O)O. The Labute approximate surface area is 176 Å². The largest absolute Gasteiger partial charge is 0.480 e. The number of aliphatic carboxylic acids is 1. The molecule has 0 heterocycles. The standard InChI is InChI=1S/C21H31N3O6/c1-14(2)12-17(21(28)29)23-20(27)15-8-7-9-16(13-15)22-18(25)10-5-3-4-6-11-19(26)24-30/h7-9,13-14,17,30H,3-6,10-12H2,1-2H3,(H,22,25)(H,23,27)(H,24,26)(H,28,29). The Morgan fingerprint density at radius 2 is 1.60 bits per heavy atom. The number of hydroxylamine groups is 1. The van der Waals surface area contributed by atoms with Crippen molar-refractivity contribution in [1.29, 1.82) is 0 Å². The zero-order chi connectivity index (χ0) is 22.5. The molecule has 9 heteroatoms. The fourth-order valence-corrected chi connectivity index (χ4v) is 2.88. The molecule has 0 fully saturated rings. The molecular weight excluding hydrogens is 390 g/mol. The van der Waals surface area contributed by atoms with Gasteiger partial charge in [0.25, 0.3) is 5.91 Å². The van der Waals surface area contributed by atoms with Crippen molar-refractivity contribution in [2.24, 2.45) is 5.92 Å². The molecule has 5 N–H and O–H groups in total. The lowest BCUT2D eigenvalue weighted by Crippen LogP contribution is -2.41. The maximum atomic E-state index is 12.4. The van der Waals surface area contributed by atoms with Gasteiger partial charge in [0.15, 0.2) is 0 Å². The monoisotopic (exact) mass is 421 g/mol. The summed E-state index contributed by atoms with van der Waals surface area (Å²) < 4.78 is 0. The van der Waals surface area contributed by atoms with Gasteiger partial charge in [-0.1, -0.05) is 32.8 Å². The van der Waals surface area contributed by atoms with E-state index in [9.17, 15) is 24.3 Å². The smallest absolute Gasteiger partial charge is 0.326 e.